The first-order valence-electron chi connectivity index (χ1n) is 10.4. The fourth-order valence-corrected chi connectivity index (χ4v) is 5.02. The molecule has 0 spiro atoms. The number of carbonyl (C=O) groups is 1. The van der Waals surface area contributed by atoms with E-state index in [4.69, 9.17) is 19.9 Å². The number of likely N-dealkylation sites (tertiary alicyclic amines) is 1. The van der Waals surface area contributed by atoms with Gasteiger partial charge in [0.05, 0.1) is 25.4 Å². The molecule has 6 nitrogen and oxygen atoms in total. The number of nitrogens with two attached hydrogens (primary N) is 1. The van der Waals surface area contributed by atoms with Gasteiger partial charge in [0.25, 0.3) is 0 Å². The molecule has 4 rings (SSSR count). The maximum Gasteiger partial charge on any atom is 0.239 e. The second-order valence-corrected chi connectivity index (χ2v) is 8.89. The number of nitrogens with zero attached hydrogens (tertiary/aromatic N) is 1. The molecule has 2 N–H and O–H groups in total. The van der Waals surface area contributed by atoms with Gasteiger partial charge >= 0.3 is 0 Å². The Morgan fingerprint density at radius 2 is 2.21 bits per heavy atom. The van der Waals surface area contributed by atoms with Crippen LogP contribution in [0.2, 0.25) is 0 Å². The number of methoxy groups -OCH3 is 1. The van der Waals surface area contributed by atoms with E-state index in [2.05, 4.69) is 19.9 Å². The van der Waals surface area contributed by atoms with Gasteiger partial charge < -0.3 is 24.8 Å². The van der Waals surface area contributed by atoms with E-state index in [1.54, 1.807) is 7.11 Å². The van der Waals surface area contributed by atoms with E-state index in [0.717, 1.165) is 43.0 Å². The third kappa shape index (κ3) is 3.26. The minimum absolute atomic E-state index is 0.0195. The molecule has 2 fully saturated rings. The number of ether oxygens (including phenoxy) is 3. The predicted octanol–water partition coefficient (Wildman–Crippen LogP) is 2.90. The molecule has 1 aromatic carbocycles. The van der Waals surface area contributed by atoms with Gasteiger partial charge in [-0.25, -0.2) is 0 Å². The van der Waals surface area contributed by atoms with Crippen molar-refractivity contribution in [3.8, 4) is 11.5 Å². The van der Waals surface area contributed by atoms with Crippen LogP contribution >= 0.6 is 0 Å². The molecular weight excluding hydrogens is 356 g/mol. The average Bonchev–Trinajstić information content (AvgIpc) is 2.70. The molecule has 0 unspecified atom stereocenters. The number of benzene rings is 1. The molecule has 0 saturated carbocycles. The molecule has 0 bridgehead atoms. The van der Waals surface area contributed by atoms with Crippen LogP contribution in [0.4, 0.5) is 0 Å². The van der Waals surface area contributed by atoms with Crippen LogP contribution < -0.4 is 15.2 Å². The van der Waals surface area contributed by atoms with Crippen molar-refractivity contribution in [2.45, 2.75) is 63.9 Å². The van der Waals surface area contributed by atoms with Gasteiger partial charge in [0.1, 0.15) is 17.1 Å². The van der Waals surface area contributed by atoms with Crippen LogP contribution in [0.25, 0.3) is 0 Å². The average molecular weight is 389 g/mol. The van der Waals surface area contributed by atoms with Crippen LogP contribution in [0.1, 0.15) is 51.7 Å². The molecule has 3 aliphatic heterocycles. The van der Waals surface area contributed by atoms with E-state index in [0.29, 0.717) is 12.3 Å². The Balaban J connectivity index is 1.57. The zero-order valence-corrected chi connectivity index (χ0v) is 17.3. The van der Waals surface area contributed by atoms with Crippen LogP contribution in [0.3, 0.4) is 0 Å². The van der Waals surface area contributed by atoms with Crippen molar-refractivity contribution < 1.29 is 19.0 Å². The van der Waals surface area contributed by atoms with E-state index in [-0.39, 0.29) is 29.6 Å². The van der Waals surface area contributed by atoms with Crippen molar-refractivity contribution in [3.05, 3.63) is 23.8 Å². The van der Waals surface area contributed by atoms with Crippen molar-refractivity contribution in [2.75, 3.05) is 20.2 Å². The number of carbonyl (C=O) groups excluding carboxylic acids is 1. The van der Waals surface area contributed by atoms with Gasteiger partial charge in [-0.2, -0.15) is 0 Å². The maximum atomic E-state index is 12.6. The number of rotatable bonds is 3. The van der Waals surface area contributed by atoms with Crippen molar-refractivity contribution in [1.82, 2.24) is 4.90 Å². The van der Waals surface area contributed by atoms with E-state index < -0.39 is 6.04 Å². The Kier molecular flexibility index (Phi) is 5.04. The Morgan fingerprint density at radius 3 is 2.93 bits per heavy atom. The lowest BCUT2D eigenvalue weighted by molar-refractivity contribution is -0.189. The van der Waals surface area contributed by atoms with E-state index in [9.17, 15) is 4.79 Å². The van der Waals surface area contributed by atoms with E-state index in [1.165, 1.54) is 0 Å². The monoisotopic (exact) mass is 388 g/mol. The normalized spacial score (nSPS) is 31.7. The van der Waals surface area contributed by atoms with Gasteiger partial charge in [0, 0.05) is 36.6 Å². The molecule has 3 heterocycles. The fourth-order valence-electron chi connectivity index (χ4n) is 5.02. The number of fused-ring (bicyclic) bond motifs is 4. The molecule has 1 aromatic rings. The summed E-state index contributed by atoms with van der Waals surface area (Å²) in [6.07, 6.45) is 2.71. The summed E-state index contributed by atoms with van der Waals surface area (Å²) >= 11 is 0. The number of amides is 1. The van der Waals surface area contributed by atoms with E-state index in [1.807, 2.05) is 24.0 Å². The standard InChI is InChI=1S/C22H32N2O4/c1-5-17(23)21(25)24-9-8-18-13(12-24)10-16-20(27-18)15-7-6-14(26-4)11-19(15)28-22(16,2)3/h6-7,11,13,16-18,20H,5,8-10,12,23H2,1-4H3/t13-,16+,17+,18+,20-/m1/s1. The van der Waals surface area contributed by atoms with Crippen LogP contribution in [0.5, 0.6) is 11.5 Å². The minimum atomic E-state index is -0.398. The van der Waals surface area contributed by atoms with Gasteiger partial charge in [-0.05, 0) is 45.2 Å². The smallest absolute Gasteiger partial charge is 0.239 e. The lowest BCUT2D eigenvalue weighted by Gasteiger charge is -2.53. The zero-order valence-electron chi connectivity index (χ0n) is 17.3. The first-order valence-corrected chi connectivity index (χ1v) is 10.4. The summed E-state index contributed by atoms with van der Waals surface area (Å²) in [6.45, 7) is 7.68. The fraction of sp³-hybridized carbons (Fsp3) is 0.682. The first-order chi connectivity index (χ1) is 13.3. The largest absolute Gasteiger partial charge is 0.497 e. The summed E-state index contributed by atoms with van der Waals surface area (Å²) < 4.78 is 18.4. The second kappa shape index (κ2) is 7.23. The third-order valence-corrected chi connectivity index (χ3v) is 6.77. The highest BCUT2D eigenvalue weighted by molar-refractivity contribution is 5.81. The Morgan fingerprint density at radius 1 is 1.43 bits per heavy atom. The summed E-state index contributed by atoms with van der Waals surface area (Å²) in [4.78, 5) is 14.5. The highest BCUT2D eigenvalue weighted by Crippen LogP contribution is 2.53. The lowest BCUT2D eigenvalue weighted by atomic mass is 9.70. The number of piperidine rings is 1. The van der Waals surface area contributed by atoms with Crippen molar-refractivity contribution in [2.24, 2.45) is 17.6 Å². The summed E-state index contributed by atoms with van der Waals surface area (Å²) in [5.74, 6) is 2.28. The van der Waals surface area contributed by atoms with E-state index >= 15 is 0 Å². The van der Waals surface area contributed by atoms with Crippen molar-refractivity contribution in [1.29, 1.82) is 0 Å². The molecule has 2 saturated heterocycles. The van der Waals surface area contributed by atoms with Gasteiger partial charge in [-0.1, -0.05) is 6.92 Å². The van der Waals surface area contributed by atoms with Gasteiger partial charge in [0.15, 0.2) is 0 Å². The summed E-state index contributed by atoms with van der Waals surface area (Å²) in [5.41, 5.74) is 6.75. The summed E-state index contributed by atoms with van der Waals surface area (Å²) in [7, 11) is 1.67. The zero-order chi connectivity index (χ0) is 20.1. The first kappa shape index (κ1) is 19.5. The molecule has 154 valence electrons. The molecule has 0 aliphatic carbocycles. The van der Waals surface area contributed by atoms with Crippen molar-refractivity contribution >= 4 is 5.91 Å². The molecule has 3 aliphatic rings. The molecule has 1 amide bonds. The van der Waals surface area contributed by atoms with Crippen molar-refractivity contribution in [3.63, 3.8) is 0 Å². The Bertz CT molecular complexity index is 750. The second-order valence-electron chi connectivity index (χ2n) is 8.89. The quantitative estimate of drug-likeness (QED) is 0.862. The highest BCUT2D eigenvalue weighted by Gasteiger charge is 2.51. The maximum absolute atomic E-state index is 12.6. The predicted molar refractivity (Wildman–Crippen MR) is 106 cm³/mol. The molecule has 5 atom stereocenters. The SMILES string of the molecule is CC[C@H](N)C(=O)N1CC[C@@H]2O[C@@H]3c4ccc(OC)cc4OC(C)(C)[C@H]3C[C@@H]2C1. The molecular formula is C22H32N2O4. The number of hydrogen-bond donors (Lipinski definition) is 1. The number of hydrogen-bond acceptors (Lipinski definition) is 5. The lowest BCUT2D eigenvalue weighted by Crippen LogP contribution is -2.57. The minimum Gasteiger partial charge on any atom is -0.497 e. The molecule has 28 heavy (non-hydrogen) atoms. The summed E-state index contributed by atoms with van der Waals surface area (Å²) in [5, 5.41) is 0. The molecule has 0 radical (unpaired) electrons. The topological polar surface area (TPSA) is 74.0 Å². The van der Waals surface area contributed by atoms with Crippen LogP contribution in [-0.2, 0) is 9.53 Å². The van der Waals surface area contributed by atoms with Crippen LogP contribution in [0.15, 0.2) is 18.2 Å². The Hall–Kier alpha value is -1.79. The van der Waals surface area contributed by atoms with Crippen LogP contribution in [-0.4, -0.2) is 48.8 Å². The molecule has 0 aromatic heterocycles. The Labute approximate surface area is 167 Å². The molecule has 6 heteroatoms. The highest BCUT2D eigenvalue weighted by atomic mass is 16.5. The summed E-state index contributed by atoms with van der Waals surface area (Å²) in [6, 6.07) is 5.60. The van der Waals surface area contributed by atoms with Gasteiger partial charge in [-0.3, -0.25) is 4.79 Å². The van der Waals surface area contributed by atoms with Crippen LogP contribution in [0, 0.1) is 11.8 Å². The van der Waals surface area contributed by atoms with Gasteiger partial charge in [-0.15, -0.1) is 0 Å². The third-order valence-electron chi connectivity index (χ3n) is 6.77. The van der Waals surface area contributed by atoms with Gasteiger partial charge in [0.2, 0.25) is 5.91 Å².